The summed E-state index contributed by atoms with van der Waals surface area (Å²) in [6.07, 6.45) is 2.40. The molecule has 0 aliphatic heterocycles. The maximum absolute atomic E-state index is 14.4. The van der Waals surface area contributed by atoms with E-state index in [9.17, 15) is 19.1 Å². The number of Topliss-reactive ketones (excluding diaryl/α,β-unsaturated/α-hetero) is 2. The number of aliphatic hydroxyl groups is 1. The van der Waals surface area contributed by atoms with Crippen LogP contribution in [0.15, 0.2) is 5.16 Å². The summed E-state index contributed by atoms with van der Waals surface area (Å²) in [6, 6.07) is 0. The van der Waals surface area contributed by atoms with E-state index in [0.29, 0.717) is 26.0 Å². The van der Waals surface area contributed by atoms with E-state index in [4.69, 9.17) is 10.6 Å². The number of ketones is 2. The molecule has 4 aliphatic rings. The van der Waals surface area contributed by atoms with E-state index in [1.54, 1.807) is 0 Å². The summed E-state index contributed by atoms with van der Waals surface area (Å²) in [4.78, 5) is 31.4. The van der Waals surface area contributed by atoms with E-state index >= 15 is 0 Å². The van der Waals surface area contributed by atoms with Crippen LogP contribution in [0, 0.1) is 40.4 Å². The lowest BCUT2D eigenvalue weighted by molar-refractivity contribution is -0.166. The van der Waals surface area contributed by atoms with Gasteiger partial charge in [-0.1, -0.05) is 19.0 Å². The lowest BCUT2D eigenvalue weighted by Gasteiger charge is -2.60. The molecule has 7 heteroatoms. The molecule has 4 aliphatic carbocycles. The first-order valence-corrected chi connectivity index (χ1v) is 11.0. The molecule has 0 aromatic rings. The van der Waals surface area contributed by atoms with Crippen molar-refractivity contribution in [3.8, 4) is 0 Å². The summed E-state index contributed by atoms with van der Waals surface area (Å²) in [6.45, 7) is 4.63. The SMILES string of the molecule is C[C@]12CCC(=NOCCN)CC1[C@@H](CO)C(=O)C1C2CC[C@]2(C)C(=O)C(F)CC12. The molecule has 0 spiro atoms. The summed E-state index contributed by atoms with van der Waals surface area (Å²) in [5.41, 5.74) is 5.51. The standard InChI is InChI=1S/C22H33FN2O4/c1-21-5-3-12(25-29-8-7-24)9-15(21)13(11-26)19(27)18-14(21)4-6-22(2)16(18)10-17(23)20(22)28/h13-18,26H,3-11,24H2,1-2H3/t13-,14?,15?,16?,17?,18?,21-,22+/m1/s1. The van der Waals surface area contributed by atoms with Crippen molar-refractivity contribution < 1.29 is 23.9 Å². The summed E-state index contributed by atoms with van der Waals surface area (Å²) in [7, 11) is 0. The van der Waals surface area contributed by atoms with Crippen molar-refractivity contribution in [1.82, 2.24) is 0 Å². The molecule has 5 unspecified atom stereocenters. The maximum atomic E-state index is 14.4. The number of fused-ring (bicyclic) bond motifs is 5. The van der Waals surface area contributed by atoms with Crippen LogP contribution in [-0.4, -0.2) is 48.3 Å². The quantitative estimate of drug-likeness (QED) is 0.549. The molecule has 3 N–H and O–H groups in total. The van der Waals surface area contributed by atoms with E-state index in [2.05, 4.69) is 12.1 Å². The predicted molar refractivity (Wildman–Crippen MR) is 106 cm³/mol. The predicted octanol–water partition coefficient (Wildman–Crippen LogP) is 2.27. The summed E-state index contributed by atoms with van der Waals surface area (Å²) in [5.74, 6) is -1.23. The van der Waals surface area contributed by atoms with Crippen molar-refractivity contribution in [1.29, 1.82) is 0 Å². The minimum Gasteiger partial charge on any atom is -0.396 e. The lowest BCUT2D eigenvalue weighted by Crippen LogP contribution is -2.61. The zero-order chi connectivity index (χ0) is 21.0. The molecular formula is C22H33FN2O4. The van der Waals surface area contributed by atoms with E-state index in [1.807, 2.05) is 6.92 Å². The molecule has 0 aromatic heterocycles. The summed E-state index contributed by atoms with van der Waals surface area (Å²) < 4.78 is 14.4. The van der Waals surface area contributed by atoms with Crippen LogP contribution in [0.2, 0.25) is 0 Å². The topological polar surface area (TPSA) is 102 Å². The third kappa shape index (κ3) is 2.99. The Balaban J connectivity index is 1.66. The Morgan fingerprint density at radius 3 is 2.69 bits per heavy atom. The smallest absolute Gasteiger partial charge is 0.173 e. The molecule has 4 saturated carbocycles. The van der Waals surface area contributed by atoms with Crippen molar-refractivity contribution in [2.45, 2.75) is 58.5 Å². The molecule has 8 atom stereocenters. The van der Waals surface area contributed by atoms with Gasteiger partial charge < -0.3 is 15.7 Å². The van der Waals surface area contributed by atoms with Gasteiger partial charge in [-0.25, -0.2) is 4.39 Å². The Morgan fingerprint density at radius 2 is 2.00 bits per heavy atom. The Bertz CT molecular complexity index is 728. The zero-order valence-corrected chi connectivity index (χ0v) is 17.4. The summed E-state index contributed by atoms with van der Waals surface area (Å²) in [5, 5.41) is 14.4. The third-order valence-corrected chi connectivity index (χ3v) is 8.85. The molecule has 0 bridgehead atoms. The normalized spacial score (nSPS) is 48.2. The molecule has 4 fully saturated rings. The van der Waals surface area contributed by atoms with Crippen molar-refractivity contribution in [3.05, 3.63) is 0 Å². The number of carbonyl (C=O) groups is 2. The van der Waals surface area contributed by atoms with Gasteiger partial charge in [-0.3, -0.25) is 9.59 Å². The molecular weight excluding hydrogens is 375 g/mol. The van der Waals surface area contributed by atoms with Crippen LogP contribution >= 0.6 is 0 Å². The minimum atomic E-state index is -1.46. The number of alkyl halides is 1. The van der Waals surface area contributed by atoms with E-state index in [1.165, 1.54) is 0 Å². The molecule has 0 radical (unpaired) electrons. The fraction of sp³-hybridized carbons (Fsp3) is 0.864. The Hall–Kier alpha value is -1.34. The second-order valence-corrected chi connectivity index (χ2v) is 10.0. The van der Waals surface area contributed by atoms with Crippen molar-refractivity contribution in [2.24, 2.45) is 51.3 Å². The van der Waals surface area contributed by atoms with Gasteiger partial charge in [0.15, 0.2) is 12.0 Å². The highest BCUT2D eigenvalue weighted by Crippen LogP contribution is 2.65. The fourth-order valence-electron chi connectivity index (χ4n) is 7.22. The molecule has 0 saturated heterocycles. The first-order chi connectivity index (χ1) is 13.8. The molecule has 0 aromatic carbocycles. The Labute approximate surface area is 171 Å². The number of halogens is 1. The molecule has 6 nitrogen and oxygen atoms in total. The van der Waals surface area contributed by atoms with Crippen LogP contribution in [0.4, 0.5) is 4.39 Å². The van der Waals surface area contributed by atoms with Gasteiger partial charge in [0.1, 0.15) is 12.4 Å². The monoisotopic (exact) mass is 408 g/mol. The second kappa shape index (κ2) is 7.41. The first kappa shape index (κ1) is 20.9. The van der Waals surface area contributed by atoms with Gasteiger partial charge in [-0.15, -0.1) is 0 Å². The minimum absolute atomic E-state index is 0.00198. The molecule has 162 valence electrons. The van der Waals surface area contributed by atoms with Crippen molar-refractivity contribution in [3.63, 3.8) is 0 Å². The highest BCUT2D eigenvalue weighted by molar-refractivity contribution is 5.95. The average molecular weight is 409 g/mol. The number of carbonyl (C=O) groups excluding carboxylic acids is 2. The molecule has 4 rings (SSSR count). The highest BCUT2D eigenvalue weighted by atomic mass is 19.1. The van der Waals surface area contributed by atoms with Crippen LogP contribution in [0.1, 0.15) is 52.4 Å². The van der Waals surface area contributed by atoms with E-state index in [0.717, 1.165) is 25.0 Å². The third-order valence-electron chi connectivity index (χ3n) is 8.85. The van der Waals surface area contributed by atoms with Gasteiger partial charge in [-0.05, 0) is 61.7 Å². The fourth-order valence-corrected chi connectivity index (χ4v) is 7.22. The van der Waals surface area contributed by atoms with Gasteiger partial charge in [0, 0.05) is 23.8 Å². The Kier molecular flexibility index (Phi) is 5.35. The highest BCUT2D eigenvalue weighted by Gasteiger charge is 2.66. The number of nitrogens with zero attached hydrogens (tertiary/aromatic N) is 1. The summed E-state index contributed by atoms with van der Waals surface area (Å²) >= 11 is 0. The second-order valence-electron chi connectivity index (χ2n) is 10.0. The van der Waals surface area contributed by atoms with Crippen LogP contribution < -0.4 is 5.73 Å². The van der Waals surface area contributed by atoms with Gasteiger partial charge in [0.2, 0.25) is 0 Å². The lowest BCUT2D eigenvalue weighted by atomic mass is 9.43. The van der Waals surface area contributed by atoms with Crippen LogP contribution in [-0.2, 0) is 14.4 Å². The number of aliphatic hydroxyl groups excluding tert-OH is 1. The maximum Gasteiger partial charge on any atom is 0.173 e. The number of rotatable bonds is 4. The first-order valence-electron chi connectivity index (χ1n) is 11.0. The number of hydrogen-bond acceptors (Lipinski definition) is 6. The largest absolute Gasteiger partial charge is 0.396 e. The molecule has 0 amide bonds. The van der Waals surface area contributed by atoms with E-state index in [-0.39, 0.29) is 53.7 Å². The van der Waals surface area contributed by atoms with Crippen molar-refractivity contribution in [2.75, 3.05) is 19.8 Å². The zero-order valence-electron chi connectivity index (χ0n) is 17.4. The number of oxime groups is 1. The van der Waals surface area contributed by atoms with Crippen LogP contribution in [0.25, 0.3) is 0 Å². The molecule has 0 heterocycles. The average Bonchev–Trinajstić information content (AvgIpc) is 2.93. The number of hydrogen-bond donors (Lipinski definition) is 2. The number of nitrogens with two attached hydrogens (primary N) is 1. The Morgan fingerprint density at radius 1 is 1.24 bits per heavy atom. The van der Waals surface area contributed by atoms with Gasteiger partial charge in [0.05, 0.1) is 12.3 Å². The van der Waals surface area contributed by atoms with Crippen LogP contribution in [0.5, 0.6) is 0 Å². The van der Waals surface area contributed by atoms with Gasteiger partial charge >= 0.3 is 0 Å². The van der Waals surface area contributed by atoms with E-state index < -0.39 is 17.5 Å². The van der Waals surface area contributed by atoms with Gasteiger partial charge in [-0.2, -0.15) is 0 Å². The van der Waals surface area contributed by atoms with Crippen LogP contribution in [0.3, 0.4) is 0 Å². The van der Waals surface area contributed by atoms with Crippen molar-refractivity contribution >= 4 is 17.3 Å². The molecule has 29 heavy (non-hydrogen) atoms. The van der Waals surface area contributed by atoms with Gasteiger partial charge in [0.25, 0.3) is 0 Å².